The molecule has 0 radical (unpaired) electrons. The van der Waals surface area contributed by atoms with Crippen LogP contribution in [0.2, 0.25) is 0 Å². The monoisotopic (exact) mass is 303 g/mol. The molecular formula is C12H16F3N5O. The second kappa shape index (κ2) is 6.25. The number of anilines is 1. The predicted molar refractivity (Wildman–Crippen MR) is 70.0 cm³/mol. The fourth-order valence-electron chi connectivity index (χ4n) is 1.67. The first-order chi connectivity index (χ1) is 9.88. The van der Waals surface area contributed by atoms with Crippen molar-refractivity contribution in [1.29, 1.82) is 0 Å². The van der Waals surface area contributed by atoms with Gasteiger partial charge in [-0.25, -0.2) is 0 Å². The Morgan fingerprint density at radius 2 is 2.05 bits per heavy atom. The van der Waals surface area contributed by atoms with Gasteiger partial charge in [-0.2, -0.15) is 17.7 Å². The first-order valence-electron chi connectivity index (χ1n) is 6.53. The minimum atomic E-state index is -4.59. The van der Waals surface area contributed by atoms with Crippen molar-refractivity contribution in [2.75, 3.05) is 18.5 Å². The van der Waals surface area contributed by atoms with Gasteiger partial charge in [-0.05, 0) is 32.4 Å². The summed E-state index contributed by atoms with van der Waals surface area (Å²) in [5.41, 5.74) is 0.0519. The molecule has 2 aromatic rings. The Kier molecular flexibility index (Phi) is 4.61. The van der Waals surface area contributed by atoms with E-state index < -0.39 is 12.0 Å². The van der Waals surface area contributed by atoms with Crippen LogP contribution >= 0.6 is 0 Å². The van der Waals surface area contributed by atoms with Gasteiger partial charge in [0, 0.05) is 13.2 Å². The second-order valence-electron chi connectivity index (χ2n) is 4.71. The maximum atomic E-state index is 12.7. The van der Waals surface area contributed by atoms with Crippen molar-refractivity contribution in [2.45, 2.75) is 32.5 Å². The van der Waals surface area contributed by atoms with Crippen LogP contribution in [0.1, 0.15) is 26.1 Å². The zero-order valence-corrected chi connectivity index (χ0v) is 11.7. The molecule has 0 saturated carbocycles. The van der Waals surface area contributed by atoms with E-state index in [-0.39, 0.29) is 11.8 Å². The van der Waals surface area contributed by atoms with Crippen LogP contribution in [0.25, 0.3) is 5.65 Å². The molecule has 2 rings (SSSR count). The van der Waals surface area contributed by atoms with Gasteiger partial charge < -0.3 is 10.1 Å². The molecular weight excluding hydrogens is 287 g/mol. The van der Waals surface area contributed by atoms with Gasteiger partial charge in [0.1, 0.15) is 5.82 Å². The van der Waals surface area contributed by atoms with E-state index in [1.807, 2.05) is 13.8 Å². The molecule has 0 unspecified atom stereocenters. The van der Waals surface area contributed by atoms with Gasteiger partial charge >= 0.3 is 6.18 Å². The molecule has 0 fully saturated rings. The van der Waals surface area contributed by atoms with E-state index in [0.717, 1.165) is 6.42 Å². The quantitative estimate of drug-likeness (QED) is 0.830. The van der Waals surface area contributed by atoms with Crippen molar-refractivity contribution < 1.29 is 17.9 Å². The van der Waals surface area contributed by atoms with Gasteiger partial charge in [0.05, 0.1) is 6.10 Å². The molecule has 0 spiro atoms. The molecule has 0 aliphatic heterocycles. The molecule has 0 aromatic carbocycles. The second-order valence-corrected chi connectivity index (χ2v) is 4.71. The Hall–Kier alpha value is -1.90. The van der Waals surface area contributed by atoms with Crippen molar-refractivity contribution in [3.05, 3.63) is 18.0 Å². The first kappa shape index (κ1) is 15.5. The molecule has 0 aliphatic carbocycles. The number of aromatic nitrogens is 4. The number of nitrogens with zero attached hydrogens (tertiary/aromatic N) is 4. The van der Waals surface area contributed by atoms with E-state index in [0.29, 0.717) is 23.5 Å². The number of hydrogen-bond donors (Lipinski definition) is 1. The van der Waals surface area contributed by atoms with Crippen molar-refractivity contribution in [1.82, 2.24) is 19.8 Å². The number of alkyl halides is 3. The normalized spacial score (nSPS) is 12.3. The fourth-order valence-corrected chi connectivity index (χ4v) is 1.67. The molecule has 0 bridgehead atoms. The van der Waals surface area contributed by atoms with Crippen LogP contribution in [0.5, 0.6) is 0 Å². The van der Waals surface area contributed by atoms with Gasteiger partial charge in [-0.1, -0.05) is 0 Å². The minimum absolute atomic E-state index is 0.0519. The summed E-state index contributed by atoms with van der Waals surface area (Å²) in [5.74, 6) is -0.804. The number of fused-ring (bicyclic) bond motifs is 1. The average Bonchev–Trinajstić information content (AvgIpc) is 2.80. The Bertz CT molecular complexity index is 596. The highest BCUT2D eigenvalue weighted by molar-refractivity contribution is 5.44. The van der Waals surface area contributed by atoms with Crippen LogP contribution < -0.4 is 5.32 Å². The van der Waals surface area contributed by atoms with E-state index in [2.05, 4.69) is 20.6 Å². The summed E-state index contributed by atoms with van der Waals surface area (Å²) in [6, 6.07) is 3.00. The molecule has 1 N–H and O–H groups in total. The summed E-state index contributed by atoms with van der Waals surface area (Å²) in [7, 11) is 0. The van der Waals surface area contributed by atoms with Crippen molar-refractivity contribution in [3.63, 3.8) is 0 Å². The molecule has 2 heterocycles. The molecule has 2 aromatic heterocycles. The van der Waals surface area contributed by atoms with Gasteiger partial charge in [0.25, 0.3) is 5.82 Å². The molecule has 21 heavy (non-hydrogen) atoms. The Morgan fingerprint density at radius 3 is 2.71 bits per heavy atom. The maximum Gasteiger partial charge on any atom is 0.453 e. The fraction of sp³-hybridized carbons (Fsp3) is 0.583. The van der Waals surface area contributed by atoms with Crippen LogP contribution in [0, 0.1) is 0 Å². The molecule has 9 heteroatoms. The third kappa shape index (κ3) is 4.03. The predicted octanol–water partition coefficient (Wildman–Crippen LogP) is 2.37. The number of rotatable bonds is 6. The van der Waals surface area contributed by atoms with Crippen LogP contribution in [-0.2, 0) is 10.9 Å². The van der Waals surface area contributed by atoms with Crippen LogP contribution in [0.15, 0.2) is 12.1 Å². The van der Waals surface area contributed by atoms with Gasteiger partial charge in [-0.15, -0.1) is 15.3 Å². The summed E-state index contributed by atoms with van der Waals surface area (Å²) in [5, 5.41) is 13.4. The summed E-state index contributed by atoms with van der Waals surface area (Å²) in [4.78, 5) is 0. The Balaban J connectivity index is 2.01. The Labute approximate surface area is 119 Å². The third-order valence-electron chi connectivity index (χ3n) is 2.59. The van der Waals surface area contributed by atoms with Crippen LogP contribution in [-0.4, -0.2) is 39.1 Å². The molecule has 0 amide bonds. The third-order valence-corrected chi connectivity index (χ3v) is 2.59. The zero-order valence-electron chi connectivity index (χ0n) is 11.7. The number of nitrogens with one attached hydrogen (secondary N) is 1. The van der Waals surface area contributed by atoms with E-state index in [1.54, 1.807) is 6.07 Å². The lowest BCUT2D eigenvalue weighted by Gasteiger charge is -2.09. The molecule has 6 nitrogen and oxygen atoms in total. The summed E-state index contributed by atoms with van der Waals surface area (Å²) in [6.07, 6.45) is -3.70. The molecule has 0 saturated heterocycles. The average molecular weight is 303 g/mol. The number of halogens is 3. The molecule has 116 valence electrons. The van der Waals surface area contributed by atoms with E-state index in [4.69, 9.17) is 4.74 Å². The van der Waals surface area contributed by atoms with E-state index in [9.17, 15) is 13.2 Å². The maximum absolute atomic E-state index is 12.7. The van der Waals surface area contributed by atoms with E-state index >= 15 is 0 Å². The van der Waals surface area contributed by atoms with E-state index in [1.165, 1.54) is 6.07 Å². The SMILES string of the molecule is CC(C)OCCCNc1ccc2nnc(C(F)(F)F)n2n1. The zero-order chi connectivity index (χ0) is 15.5. The van der Waals surface area contributed by atoms with Gasteiger partial charge in [-0.3, -0.25) is 0 Å². The lowest BCUT2D eigenvalue weighted by atomic mass is 10.4. The van der Waals surface area contributed by atoms with Crippen molar-refractivity contribution in [2.24, 2.45) is 0 Å². The van der Waals surface area contributed by atoms with Gasteiger partial charge in [0.15, 0.2) is 5.65 Å². The summed E-state index contributed by atoms with van der Waals surface area (Å²) >= 11 is 0. The number of hydrogen-bond acceptors (Lipinski definition) is 5. The molecule has 0 atom stereocenters. The lowest BCUT2D eigenvalue weighted by molar-refractivity contribution is -0.146. The Morgan fingerprint density at radius 1 is 1.29 bits per heavy atom. The minimum Gasteiger partial charge on any atom is -0.379 e. The largest absolute Gasteiger partial charge is 0.453 e. The van der Waals surface area contributed by atoms with Crippen molar-refractivity contribution in [3.8, 4) is 0 Å². The topological polar surface area (TPSA) is 64.3 Å². The highest BCUT2D eigenvalue weighted by atomic mass is 19.4. The van der Waals surface area contributed by atoms with Crippen LogP contribution in [0.3, 0.4) is 0 Å². The smallest absolute Gasteiger partial charge is 0.379 e. The number of ether oxygens (including phenoxy) is 1. The first-order valence-corrected chi connectivity index (χ1v) is 6.53. The van der Waals surface area contributed by atoms with Gasteiger partial charge in [0.2, 0.25) is 0 Å². The summed E-state index contributed by atoms with van der Waals surface area (Å²) < 4.78 is 44.2. The molecule has 0 aliphatic rings. The standard InChI is InChI=1S/C12H16F3N5O/c1-8(2)21-7-3-6-16-9-4-5-10-17-18-11(12(13,14)15)20(10)19-9/h4-5,8H,3,6-7H2,1-2H3,(H,16,19). The van der Waals surface area contributed by atoms with Crippen LogP contribution in [0.4, 0.5) is 19.0 Å². The van der Waals surface area contributed by atoms with Crippen molar-refractivity contribution >= 4 is 11.5 Å². The highest BCUT2D eigenvalue weighted by Gasteiger charge is 2.37. The highest BCUT2D eigenvalue weighted by Crippen LogP contribution is 2.27. The summed E-state index contributed by atoms with van der Waals surface area (Å²) in [6.45, 7) is 5.00. The lowest BCUT2D eigenvalue weighted by Crippen LogP contribution is -2.14.